The molecule has 1 aromatic carbocycles. The summed E-state index contributed by atoms with van der Waals surface area (Å²) in [5.41, 5.74) is 6.30. The molecule has 0 aliphatic carbocycles. The van der Waals surface area contributed by atoms with Gasteiger partial charge in [-0.3, -0.25) is 4.79 Å². The Morgan fingerprint density at radius 2 is 2.05 bits per heavy atom. The largest absolute Gasteiger partial charge is 0.493 e. The van der Waals surface area contributed by atoms with Gasteiger partial charge in [-0.05, 0) is 44.9 Å². The molecule has 0 bridgehead atoms. The van der Waals surface area contributed by atoms with Crippen LogP contribution in [-0.2, 0) is 11.3 Å². The van der Waals surface area contributed by atoms with Crippen molar-refractivity contribution in [1.82, 2.24) is 5.32 Å². The number of methoxy groups -OCH3 is 1. The molecular weight excluding hydrogens is 268 g/mol. The van der Waals surface area contributed by atoms with Gasteiger partial charge in [0.15, 0.2) is 17.6 Å². The van der Waals surface area contributed by atoms with Crippen molar-refractivity contribution in [2.45, 2.75) is 52.3 Å². The molecule has 5 heteroatoms. The number of nitrogens with one attached hydrogen (secondary N) is 1. The SMILES string of the molecule is CCC(C)(C)NC(=O)C(C)Oc1cc(CN)ccc1OC. The van der Waals surface area contributed by atoms with E-state index in [1.54, 1.807) is 26.2 Å². The van der Waals surface area contributed by atoms with Crippen molar-refractivity contribution >= 4 is 5.91 Å². The molecule has 0 fully saturated rings. The van der Waals surface area contributed by atoms with Gasteiger partial charge in [-0.25, -0.2) is 0 Å². The lowest BCUT2D eigenvalue weighted by molar-refractivity contribution is -0.129. The summed E-state index contributed by atoms with van der Waals surface area (Å²) >= 11 is 0. The zero-order valence-electron chi connectivity index (χ0n) is 13.5. The van der Waals surface area contributed by atoms with Crippen molar-refractivity contribution in [1.29, 1.82) is 0 Å². The minimum atomic E-state index is -0.613. The van der Waals surface area contributed by atoms with Gasteiger partial charge in [0.1, 0.15) is 0 Å². The fourth-order valence-electron chi connectivity index (χ4n) is 1.71. The van der Waals surface area contributed by atoms with Crippen molar-refractivity contribution in [3.8, 4) is 11.5 Å². The Hall–Kier alpha value is -1.75. The van der Waals surface area contributed by atoms with Gasteiger partial charge >= 0.3 is 0 Å². The van der Waals surface area contributed by atoms with E-state index in [1.807, 2.05) is 26.8 Å². The van der Waals surface area contributed by atoms with Crippen molar-refractivity contribution < 1.29 is 14.3 Å². The van der Waals surface area contributed by atoms with E-state index in [1.165, 1.54) is 0 Å². The highest BCUT2D eigenvalue weighted by molar-refractivity contribution is 5.81. The summed E-state index contributed by atoms with van der Waals surface area (Å²) in [6.07, 6.45) is 0.231. The second kappa shape index (κ2) is 7.31. The van der Waals surface area contributed by atoms with Gasteiger partial charge in [0.25, 0.3) is 5.91 Å². The molecule has 1 rings (SSSR count). The molecule has 0 aliphatic rings. The first-order valence-corrected chi connectivity index (χ1v) is 7.18. The van der Waals surface area contributed by atoms with Crippen LogP contribution in [0.4, 0.5) is 0 Å². The number of rotatable bonds is 7. The monoisotopic (exact) mass is 294 g/mol. The van der Waals surface area contributed by atoms with Crippen LogP contribution < -0.4 is 20.5 Å². The lowest BCUT2D eigenvalue weighted by Crippen LogP contribution is -2.48. The van der Waals surface area contributed by atoms with E-state index in [0.717, 1.165) is 12.0 Å². The number of nitrogens with two attached hydrogens (primary N) is 1. The quantitative estimate of drug-likeness (QED) is 0.808. The molecule has 0 saturated carbocycles. The summed E-state index contributed by atoms with van der Waals surface area (Å²) in [4.78, 5) is 12.2. The summed E-state index contributed by atoms with van der Waals surface area (Å²) < 4.78 is 11.0. The normalized spacial score (nSPS) is 12.7. The molecule has 0 radical (unpaired) electrons. The highest BCUT2D eigenvalue weighted by Crippen LogP contribution is 2.29. The molecule has 118 valence electrons. The Bertz CT molecular complexity index is 486. The molecule has 1 aromatic rings. The van der Waals surface area contributed by atoms with E-state index in [4.69, 9.17) is 15.2 Å². The van der Waals surface area contributed by atoms with Crippen LogP contribution in [0.5, 0.6) is 11.5 Å². The van der Waals surface area contributed by atoms with Crippen LogP contribution in [0, 0.1) is 0 Å². The minimum Gasteiger partial charge on any atom is -0.493 e. The van der Waals surface area contributed by atoms with Gasteiger partial charge in [0, 0.05) is 12.1 Å². The minimum absolute atomic E-state index is 0.151. The predicted molar refractivity (Wildman–Crippen MR) is 83.5 cm³/mol. The fraction of sp³-hybridized carbons (Fsp3) is 0.562. The van der Waals surface area contributed by atoms with E-state index < -0.39 is 6.10 Å². The lowest BCUT2D eigenvalue weighted by Gasteiger charge is -2.27. The maximum atomic E-state index is 12.2. The Labute approximate surface area is 126 Å². The van der Waals surface area contributed by atoms with E-state index in [2.05, 4.69) is 5.32 Å². The molecule has 0 aliphatic heterocycles. The van der Waals surface area contributed by atoms with Crippen LogP contribution in [0.15, 0.2) is 18.2 Å². The van der Waals surface area contributed by atoms with E-state index >= 15 is 0 Å². The Kier molecular flexibility index (Phi) is 6.03. The van der Waals surface area contributed by atoms with Crippen molar-refractivity contribution in [2.24, 2.45) is 5.73 Å². The van der Waals surface area contributed by atoms with Crippen LogP contribution in [-0.4, -0.2) is 24.7 Å². The Morgan fingerprint density at radius 1 is 1.38 bits per heavy atom. The molecular formula is C16H26N2O3. The molecule has 5 nitrogen and oxygen atoms in total. The van der Waals surface area contributed by atoms with E-state index in [-0.39, 0.29) is 11.4 Å². The molecule has 3 N–H and O–H groups in total. The number of carbonyl (C=O) groups is 1. The number of hydrogen-bond acceptors (Lipinski definition) is 4. The van der Waals surface area contributed by atoms with Crippen LogP contribution in [0.1, 0.15) is 39.7 Å². The van der Waals surface area contributed by atoms with Gasteiger partial charge < -0.3 is 20.5 Å². The number of ether oxygens (including phenoxy) is 2. The Morgan fingerprint density at radius 3 is 2.57 bits per heavy atom. The predicted octanol–water partition coefficient (Wildman–Crippen LogP) is 2.23. The van der Waals surface area contributed by atoms with Crippen LogP contribution in [0.3, 0.4) is 0 Å². The van der Waals surface area contributed by atoms with Gasteiger partial charge in [0.2, 0.25) is 0 Å². The third-order valence-corrected chi connectivity index (χ3v) is 3.48. The Balaban J connectivity index is 2.82. The van der Waals surface area contributed by atoms with Gasteiger partial charge in [0.05, 0.1) is 7.11 Å². The maximum Gasteiger partial charge on any atom is 0.261 e. The highest BCUT2D eigenvalue weighted by Gasteiger charge is 2.23. The van der Waals surface area contributed by atoms with Crippen molar-refractivity contribution in [2.75, 3.05) is 7.11 Å². The third kappa shape index (κ3) is 4.93. The molecule has 21 heavy (non-hydrogen) atoms. The van der Waals surface area contributed by atoms with Crippen LogP contribution in [0.25, 0.3) is 0 Å². The molecule has 0 saturated heterocycles. The number of carbonyl (C=O) groups excluding carboxylic acids is 1. The summed E-state index contributed by atoms with van der Waals surface area (Å²) in [5, 5.41) is 2.96. The average molecular weight is 294 g/mol. The fourth-order valence-corrected chi connectivity index (χ4v) is 1.71. The topological polar surface area (TPSA) is 73.6 Å². The third-order valence-electron chi connectivity index (χ3n) is 3.48. The number of amides is 1. The number of benzene rings is 1. The first kappa shape index (κ1) is 17.3. The van der Waals surface area contributed by atoms with Crippen molar-refractivity contribution in [3.05, 3.63) is 23.8 Å². The zero-order valence-corrected chi connectivity index (χ0v) is 13.5. The molecule has 1 atom stereocenters. The lowest BCUT2D eigenvalue weighted by atomic mass is 10.0. The first-order valence-electron chi connectivity index (χ1n) is 7.18. The molecule has 0 spiro atoms. The van der Waals surface area contributed by atoms with Crippen molar-refractivity contribution in [3.63, 3.8) is 0 Å². The average Bonchev–Trinajstić information content (AvgIpc) is 2.46. The molecule has 1 amide bonds. The molecule has 0 aromatic heterocycles. The van der Waals surface area contributed by atoms with E-state index in [0.29, 0.717) is 18.0 Å². The second-order valence-corrected chi connectivity index (χ2v) is 5.68. The zero-order chi connectivity index (χ0) is 16.0. The summed E-state index contributed by atoms with van der Waals surface area (Å²) in [6.45, 7) is 8.11. The highest BCUT2D eigenvalue weighted by atomic mass is 16.5. The summed E-state index contributed by atoms with van der Waals surface area (Å²) in [5.74, 6) is 0.959. The number of hydrogen-bond donors (Lipinski definition) is 2. The van der Waals surface area contributed by atoms with Crippen LogP contribution >= 0.6 is 0 Å². The molecule has 0 heterocycles. The van der Waals surface area contributed by atoms with Crippen LogP contribution in [0.2, 0.25) is 0 Å². The van der Waals surface area contributed by atoms with E-state index in [9.17, 15) is 4.79 Å². The van der Waals surface area contributed by atoms with Gasteiger partial charge in [-0.2, -0.15) is 0 Å². The summed E-state index contributed by atoms with van der Waals surface area (Å²) in [7, 11) is 1.56. The van der Waals surface area contributed by atoms with Gasteiger partial charge in [-0.15, -0.1) is 0 Å². The second-order valence-electron chi connectivity index (χ2n) is 5.68. The standard InChI is InChI=1S/C16H26N2O3/c1-6-16(3,4)18-15(19)11(2)21-14-9-12(10-17)7-8-13(14)20-5/h7-9,11H,6,10,17H2,1-5H3,(H,18,19). The molecule has 1 unspecified atom stereocenters. The van der Waals surface area contributed by atoms with Gasteiger partial charge in [-0.1, -0.05) is 13.0 Å². The first-order chi connectivity index (χ1) is 9.82. The summed E-state index contributed by atoms with van der Waals surface area (Å²) in [6, 6.07) is 5.46. The smallest absolute Gasteiger partial charge is 0.261 e. The maximum absolute atomic E-state index is 12.2.